The van der Waals surface area contributed by atoms with Gasteiger partial charge in [-0.3, -0.25) is 4.79 Å². The number of benzene rings is 2. The van der Waals surface area contributed by atoms with Crippen LogP contribution >= 0.6 is 0 Å². The highest BCUT2D eigenvalue weighted by Gasteiger charge is 2.10. The number of aryl methyl sites for hydroxylation is 1. The number of nitrogens with two attached hydrogens (primary N) is 1. The van der Waals surface area contributed by atoms with Crippen molar-refractivity contribution in [2.45, 2.75) is 6.92 Å². The van der Waals surface area contributed by atoms with Crippen LogP contribution in [0, 0.1) is 6.92 Å². The van der Waals surface area contributed by atoms with Crippen molar-refractivity contribution < 1.29 is 9.53 Å². The first-order valence-corrected chi connectivity index (χ1v) is 5.91. The minimum atomic E-state index is -0.187. The van der Waals surface area contributed by atoms with Gasteiger partial charge in [-0.2, -0.15) is 0 Å². The van der Waals surface area contributed by atoms with Gasteiger partial charge in [-0.25, -0.2) is 0 Å². The van der Waals surface area contributed by atoms with Crippen molar-refractivity contribution >= 4 is 17.3 Å². The normalized spacial score (nSPS) is 10.0. The van der Waals surface area contributed by atoms with Crippen molar-refractivity contribution in [1.82, 2.24) is 0 Å². The van der Waals surface area contributed by atoms with Crippen molar-refractivity contribution in [3.8, 4) is 5.75 Å². The lowest BCUT2D eigenvalue weighted by molar-refractivity contribution is 0.102. The smallest absolute Gasteiger partial charge is 0.255 e. The first-order valence-electron chi connectivity index (χ1n) is 5.91. The van der Waals surface area contributed by atoms with E-state index in [1.165, 1.54) is 0 Å². The number of hydrogen-bond donors (Lipinski definition) is 2. The molecule has 1 amide bonds. The molecule has 4 nitrogen and oxygen atoms in total. The number of methoxy groups -OCH3 is 1. The Hall–Kier alpha value is -2.49. The van der Waals surface area contributed by atoms with E-state index < -0.39 is 0 Å². The summed E-state index contributed by atoms with van der Waals surface area (Å²) >= 11 is 0. The number of rotatable bonds is 3. The van der Waals surface area contributed by atoms with Crippen LogP contribution in [0.1, 0.15) is 15.9 Å². The number of anilines is 2. The van der Waals surface area contributed by atoms with E-state index in [1.54, 1.807) is 31.4 Å². The molecule has 0 unspecified atom stereocenters. The highest BCUT2D eigenvalue weighted by Crippen LogP contribution is 2.27. The summed E-state index contributed by atoms with van der Waals surface area (Å²) in [5.41, 5.74) is 8.48. The molecule has 0 atom stereocenters. The molecular formula is C15H16N2O2. The average Bonchev–Trinajstić information content (AvgIpc) is 2.39. The van der Waals surface area contributed by atoms with Crippen LogP contribution in [-0.4, -0.2) is 13.0 Å². The Balaban J connectivity index is 2.26. The molecule has 0 aliphatic heterocycles. The monoisotopic (exact) mass is 256 g/mol. The van der Waals surface area contributed by atoms with E-state index in [0.717, 1.165) is 5.56 Å². The summed E-state index contributed by atoms with van der Waals surface area (Å²) in [5, 5.41) is 2.80. The summed E-state index contributed by atoms with van der Waals surface area (Å²) in [6, 6.07) is 12.5. The molecule has 0 saturated heterocycles. The van der Waals surface area contributed by atoms with Crippen LogP contribution in [0.3, 0.4) is 0 Å². The van der Waals surface area contributed by atoms with Crippen molar-refractivity contribution in [2.75, 3.05) is 18.2 Å². The van der Waals surface area contributed by atoms with Gasteiger partial charge < -0.3 is 15.8 Å². The fourth-order valence-electron chi connectivity index (χ4n) is 1.80. The Morgan fingerprint density at radius 2 is 2.00 bits per heavy atom. The molecule has 0 aromatic heterocycles. The SMILES string of the molecule is COc1ccc(N)cc1NC(=O)c1cccc(C)c1. The van der Waals surface area contributed by atoms with Crippen LogP contribution in [0.2, 0.25) is 0 Å². The number of nitrogens with one attached hydrogen (secondary N) is 1. The third kappa shape index (κ3) is 3.04. The maximum Gasteiger partial charge on any atom is 0.255 e. The topological polar surface area (TPSA) is 64.3 Å². The lowest BCUT2D eigenvalue weighted by Gasteiger charge is -2.11. The lowest BCUT2D eigenvalue weighted by Crippen LogP contribution is -2.13. The Morgan fingerprint density at radius 3 is 2.68 bits per heavy atom. The van der Waals surface area contributed by atoms with Gasteiger partial charge in [0, 0.05) is 11.3 Å². The van der Waals surface area contributed by atoms with E-state index in [9.17, 15) is 4.79 Å². The molecule has 98 valence electrons. The molecule has 2 aromatic carbocycles. The Kier molecular flexibility index (Phi) is 3.71. The fraction of sp³-hybridized carbons (Fsp3) is 0.133. The number of ether oxygens (including phenoxy) is 1. The van der Waals surface area contributed by atoms with E-state index in [-0.39, 0.29) is 5.91 Å². The number of carbonyl (C=O) groups excluding carboxylic acids is 1. The number of amides is 1. The Bertz CT molecular complexity index is 609. The molecule has 3 N–H and O–H groups in total. The summed E-state index contributed by atoms with van der Waals surface area (Å²) in [6.45, 7) is 1.94. The molecule has 0 aliphatic carbocycles. The van der Waals surface area contributed by atoms with Gasteiger partial charge in [0.2, 0.25) is 0 Å². The van der Waals surface area contributed by atoms with E-state index in [2.05, 4.69) is 5.32 Å². The molecule has 2 rings (SSSR count). The van der Waals surface area contributed by atoms with Crippen molar-refractivity contribution in [3.05, 3.63) is 53.6 Å². The lowest BCUT2D eigenvalue weighted by atomic mass is 10.1. The molecule has 0 radical (unpaired) electrons. The predicted molar refractivity (Wildman–Crippen MR) is 76.5 cm³/mol. The molecule has 0 aliphatic rings. The molecule has 0 fully saturated rings. The molecule has 4 heteroatoms. The first-order chi connectivity index (χ1) is 9.10. The quantitative estimate of drug-likeness (QED) is 0.830. The largest absolute Gasteiger partial charge is 0.495 e. The third-order valence-electron chi connectivity index (χ3n) is 2.75. The van der Waals surface area contributed by atoms with Crippen LogP contribution in [-0.2, 0) is 0 Å². The van der Waals surface area contributed by atoms with Crippen molar-refractivity contribution in [2.24, 2.45) is 0 Å². The zero-order chi connectivity index (χ0) is 13.8. The first kappa shape index (κ1) is 13.0. The van der Waals surface area contributed by atoms with Crippen LogP contribution in [0.5, 0.6) is 5.75 Å². The third-order valence-corrected chi connectivity index (χ3v) is 2.75. The Morgan fingerprint density at radius 1 is 1.21 bits per heavy atom. The summed E-state index contributed by atoms with van der Waals surface area (Å²) in [5.74, 6) is 0.391. The predicted octanol–water partition coefficient (Wildman–Crippen LogP) is 2.84. The standard InChI is InChI=1S/C15H16N2O2/c1-10-4-3-5-11(8-10)15(18)17-13-9-12(16)6-7-14(13)19-2/h3-9H,16H2,1-2H3,(H,17,18). The highest BCUT2D eigenvalue weighted by molar-refractivity contribution is 6.05. The second kappa shape index (κ2) is 5.44. The molecule has 19 heavy (non-hydrogen) atoms. The van der Waals surface area contributed by atoms with E-state index in [1.807, 2.05) is 25.1 Å². The number of hydrogen-bond acceptors (Lipinski definition) is 3. The summed E-state index contributed by atoms with van der Waals surface area (Å²) < 4.78 is 5.19. The minimum absolute atomic E-state index is 0.187. The molecule has 0 spiro atoms. The molecule has 0 saturated carbocycles. The zero-order valence-electron chi connectivity index (χ0n) is 10.9. The Labute approximate surface area is 112 Å². The van der Waals surface area contributed by atoms with Crippen LogP contribution in [0.25, 0.3) is 0 Å². The maximum absolute atomic E-state index is 12.1. The number of carbonyl (C=O) groups is 1. The second-order valence-electron chi connectivity index (χ2n) is 4.28. The highest BCUT2D eigenvalue weighted by atomic mass is 16.5. The zero-order valence-corrected chi connectivity index (χ0v) is 10.9. The molecule has 0 heterocycles. The fourth-order valence-corrected chi connectivity index (χ4v) is 1.80. The summed E-state index contributed by atoms with van der Waals surface area (Å²) in [4.78, 5) is 12.1. The van der Waals surface area contributed by atoms with Crippen LogP contribution in [0.15, 0.2) is 42.5 Å². The molecular weight excluding hydrogens is 240 g/mol. The second-order valence-corrected chi connectivity index (χ2v) is 4.28. The molecule has 0 bridgehead atoms. The van der Waals surface area contributed by atoms with Gasteiger partial charge in [0.1, 0.15) is 5.75 Å². The summed E-state index contributed by atoms with van der Waals surface area (Å²) in [7, 11) is 1.55. The average molecular weight is 256 g/mol. The maximum atomic E-state index is 12.1. The minimum Gasteiger partial charge on any atom is -0.495 e. The van der Waals surface area contributed by atoms with Gasteiger partial charge in [-0.15, -0.1) is 0 Å². The van der Waals surface area contributed by atoms with Crippen LogP contribution < -0.4 is 15.8 Å². The van der Waals surface area contributed by atoms with Gasteiger partial charge in [0.15, 0.2) is 0 Å². The summed E-state index contributed by atoms with van der Waals surface area (Å²) in [6.07, 6.45) is 0. The van der Waals surface area contributed by atoms with Crippen LogP contribution in [0.4, 0.5) is 11.4 Å². The van der Waals surface area contributed by atoms with Gasteiger partial charge >= 0.3 is 0 Å². The van der Waals surface area contributed by atoms with Gasteiger partial charge in [-0.05, 0) is 37.3 Å². The van der Waals surface area contributed by atoms with E-state index in [4.69, 9.17) is 10.5 Å². The van der Waals surface area contributed by atoms with Gasteiger partial charge in [0.25, 0.3) is 5.91 Å². The van der Waals surface area contributed by atoms with Gasteiger partial charge in [0.05, 0.1) is 12.8 Å². The van der Waals surface area contributed by atoms with Crippen molar-refractivity contribution in [3.63, 3.8) is 0 Å². The van der Waals surface area contributed by atoms with Crippen molar-refractivity contribution in [1.29, 1.82) is 0 Å². The number of nitrogen functional groups attached to an aromatic ring is 1. The van der Waals surface area contributed by atoms with Gasteiger partial charge in [-0.1, -0.05) is 17.7 Å². The van der Waals surface area contributed by atoms with E-state index in [0.29, 0.717) is 22.7 Å². The molecule has 2 aromatic rings. The van der Waals surface area contributed by atoms with E-state index >= 15 is 0 Å².